The summed E-state index contributed by atoms with van der Waals surface area (Å²) in [4.78, 5) is 0.211. The molecule has 0 aromatic heterocycles. The summed E-state index contributed by atoms with van der Waals surface area (Å²) in [7, 11) is -6.09. The fourth-order valence-electron chi connectivity index (χ4n) is 6.39. The van der Waals surface area contributed by atoms with Gasteiger partial charge < -0.3 is 4.43 Å². The largest absolute Gasteiger partial charge is 0.546 e. The zero-order chi connectivity index (χ0) is 28.7. The van der Waals surface area contributed by atoms with Crippen LogP contribution in [0.3, 0.4) is 0 Å². The van der Waals surface area contributed by atoms with Gasteiger partial charge in [0.25, 0.3) is 18.3 Å². The molecule has 0 radical (unpaired) electrons. The molecule has 2 rings (SSSR count). The first-order valence-corrected chi connectivity index (χ1v) is 18.1. The first-order chi connectivity index (χ1) is 17.8. The quantitative estimate of drug-likeness (QED) is 0.190. The average Bonchev–Trinajstić information content (AvgIpc) is 2.97. The zero-order valence-corrected chi connectivity index (χ0v) is 27.1. The van der Waals surface area contributed by atoms with Gasteiger partial charge >= 0.3 is 0 Å². The summed E-state index contributed by atoms with van der Waals surface area (Å²) in [5.41, 5.74) is 2.22. The van der Waals surface area contributed by atoms with E-state index in [1.54, 1.807) is 12.1 Å². The Morgan fingerprint density at radius 3 is 2.11 bits per heavy atom. The maximum Gasteiger partial charge on any atom is 0.282 e. The third kappa shape index (κ3) is 7.02. The Balaban J connectivity index is 2.70. The molecule has 1 aliphatic carbocycles. The first kappa shape index (κ1) is 32.4. The molecule has 1 aromatic carbocycles. The van der Waals surface area contributed by atoms with Crippen molar-refractivity contribution >= 4 is 24.1 Å². The molecule has 0 aliphatic heterocycles. The summed E-state index contributed by atoms with van der Waals surface area (Å²) in [6, 6.07) is 6.90. The van der Waals surface area contributed by atoms with E-state index in [1.807, 2.05) is 19.1 Å². The Bertz CT molecular complexity index is 1100. The zero-order valence-electron chi connectivity index (χ0n) is 25.3. The van der Waals surface area contributed by atoms with E-state index in [0.717, 1.165) is 37.0 Å². The summed E-state index contributed by atoms with van der Waals surface area (Å²) >= 11 is 0. The first-order valence-electron chi connectivity index (χ1n) is 14.6. The van der Waals surface area contributed by atoms with Crippen molar-refractivity contribution in [3.8, 4) is 12.3 Å². The number of terminal acetylenes is 1. The van der Waals surface area contributed by atoms with Gasteiger partial charge in [0, 0.05) is 5.92 Å². The molecule has 0 N–H and O–H groups in total. The number of nitrogens with zero attached hydrogens (tertiary/aromatic N) is 1. The molecule has 1 aliphatic rings. The molecule has 0 saturated carbocycles. The third-order valence-corrected chi connectivity index (χ3v) is 15.8. The summed E-state index contributed by atoms with van der Waals surface area (Å²) in [5, 5.41) is 0. The van der Waals surface area contributed by atoms with Gasteiger partial charge in [-0.25, -0.2) is 0 Å². The Morgan fingerprint density at radius 2 is 1.63 bits per heavy atom. The lowest BCUT2D eigenvalue weighted by atomic mass is 9.75. The molecule has 0 spiro atoms. The van der Waals surface area contributed by atoms with Crippen molar-refractivity contribution in [1.29, 1.82) is 0 Å². The van der Waals surface area contributed by atoms with Crippen LogP contribution in [-0.4, -0.2) is 22.4 Å². The molecule has 6 heteroatoms. The highest BCUT2D eigenvalue weighted by molar-refractivity contribution is 7.90. The number of aryl methyl sites for hydroxylation is 1. The Labute approximate surface area is 234 Å². The van der Waals surface area contributed by atoms with Crippen molar-refractivity contribution in [1.82, 2.24) is 0 Å². The van der Waals surface area contributed by atoms with Gasteiger partial charge in [-0.1, -0.05) is 98.3 Å². The molecule has 4 nitrogen and oxygen atoms in total. The maximum absolute atomic E-state index is 13.5. The second-order valence-corrected chi connectivity index (χ2v) is 19.1. The molecule has 0 fully saturated rings. The molecular formula is C32H51NO3SSi. The fraction of sp³-hybridized carbons (Fsp3) is 0.656. The van der Waals surface area contributed by atoms with Crippen LogP contribution in [0.25, 0.3) is 0 Å². The van der Waals surface area contributed by atoms with Crippen molar-refractivity contribution in [3.63, 3.8) is 0 Å². The van der Waals surface area contributed by atoms with Crippen molar-refractivity contribution in [2.75, 3.05) is 0 Å². The van der Waals surface area contributed by atoms with Gasteiger partial charge in [-0.05, 0) is 67.4 Å². The van der Waals surface area contributed by atoms with Crippen molar-refractivity contribution in [2.24, 2.45) is 15.7 Å². The minimum Gasteiger partial charge on any atom is -0.546 e. The van der Waals surface area contributed by atoms with E-state index in [9.17, 15) is 8.42 Å². The monoisotopic (exact) mass is 557 g/mol. The number of allylic oxidation sites excluding steroid dienone is 2. The van der Waals surface area contributed by atoms with E-state index < -0.39 is 23.8 Å². The predicted octanol–water partition coefficient (Wildman–Crippen LogP) is 9.22. The summed E-state index contributed by atoms with van der Waals surface area (Å²) < 4.78 is 38.9. The SMILES string of the molecule is C#C[C@]1(CCC)CC=C(O[Si](C(C)C)(C(C)C)C(C)C)[C@@H](CCCC)C/C1=N\S(=O)(=O)c1ccc(C)cc1. The number of sulfonamides is 1. The summed E-state index contributed by atoms with van der Waals surface area (Å²) in [6.07, 6.45) is 14.1. The number of unbranched alkanes of at least 4 members (excludes halogenated alkanes) is 1. The van der Waals surface area contributed by atoms with Gasteiger partial charge in [-0.3, -0.25) is 0 Å². The molecule has 0 amide bonds. The minimum atomic E-state index is -3.89. The molecule has 2 atom stereocenters. The number of benzene rings is 1. The second kappa shape index (κ2) is 13.5. The van der Waals surface area contributed by atoms with Crippen LogP contribution < -0.4 is 0 Å². The van der Waals surface area contributed by atoms with E-state index in [1.165, 1.54) is 0 Å². The molecule has 0 saturated heterocycles. The van der Waals surface area contributed by atoms with E-state index in [4.69, 9.17) is 10.8 Å². The Morgan fingerprint density at radius 1 is 1.05 bits per heavy atom. The highest BCUT2D eigenvalue weighted by Gasteiger charge is 2.49. The molecule has 0 unspecified atom stereocenters. The van der Waals surface area contributed by atoms with E-state index in [-0.39, 0.29) is 10.8 Å². The van der Waals surface area contributed by atoms with Gasteiger partial charge in [0.05, 0.1) is 21.8 Å². The molecule has 0 heterocycles. The van der Waals surface area contributed by atoms with Gasteiger partial charge in [0.1, 0.15) is 0 Å². The van der Waals surface area contributed by atoms with Crippen LogP contribution in [-0.2, 0) is 14.4 Å². The Kier molecular flexibility index (Phi) is 11.5. The van der Waals surface area contributed by atoms with E-state index >= 15 is 0 Å². The van der Waals surface area contributed by atoms with Crippen LogP contribution >= 0.6 is 0 Å². The average molecular weight is 558 g/mol. The normalized spacial score (nSPS) is 22.0. The third-order valence-electron chi connectivity index (χ3n) is 8.46. The van der Waals surface area contributed by atoms with Gasteiger partial charge in [0.15, 0.2) is 0 Å². The lowest BCUT2D eigenvalue weighted by Gasteiger charge is -2.44. The van der Waals surface area contributed by atoms with Crippen molar-refractivity contribution < 1.29 is 12.8 Å². The van der Waals surface area contributed by atoms with Crippen molar-refractivity contribution in [2.45, 2.75) is 129 Å². The molecular weight excluding hydrogens is 507 g/mol. The smallest absolute Gasteiger partial charge is 0.282 e. The standard InChI is InChI=1S/C32H51NO3SSi/c1-11-14-15-28-23-31(33-37(34,35)29-18-16-27(10)17-19-29)32(13-3,21-12-2)22-20-30(28)36-38(24(4)5,25(6)7)26(8)9/h3,16-20,24-26,28H,11-12,14-15,21-23H2,1-2,4-10H3/b33-31+/t28-,32-/m0/s1. The van der Waals surface area contributed by atoms with Crippen LogP contribution in [0.1, 0.15) is 106 Å². The number of hydrogen-bond acceptors (Lipinski definition) is 3. The molecule has 38 heavy (non-hydrogen) atoms. The van der Waals surface area contributed by atoms with Crippen molar-refractivity contribution in [3.05, 3.63) is 41.7 Å². The van der Waals surface area contributed by atoms with Crippen LogP contribution in [0.2, 0.25) is 16.6 Å². The number of hydrogen-bond donors (Lipinski definition) is 0. The van der Waals surface area contributed by atoms with Crippen LogP contribution in [0, 0.1) is 30.6 Å². The highest BCUT2D eigenvalue weighted by Crippen LogP contribution is 2.47. The van der Waals surface area contributed by atoms with Gasteiger partial charge in [0.2, 0.25) is 0 Å². The van der Waals surface area contributed by atoms with Crippen LogP contribution in [0.5, 0.6) is 0 Å². The topological polar surface area (TPSA) is 55.7 Å². The maximum atomic E-state index is 13.5. The summed E-state index contributed by atoms with van der Waals surface area (Å²) in [6.45, 7) is 20.0. The number of rotatable bonds is 12. The van der Waals surface area contributed by atoms with Crippen LogP contribution in [0.4, 0.5) is 0 Å². The van der Waals surface area contributed by atoms with E-state index in [0.29, 0.717) is 41.6 Å². The molecule has 212 valence electrons. The Hall–Kier alpha value is -1.84. The second-order valence-electron chi connectivity index (χ2n) is 12.1. The molecule has 0 bridgehead atoms. The lowest BCUT2D eigenvalue weighted by Crippen LogP contribution is -2.48. The minimum absolute atomic E-state index is 0.0668. The van der Waals surface area contributed by atoms with Gasteiger partial charge in [-0.15, -0.1) is 6.42 Å². The van der Waals surface area contributed by atoms with Gasteiger partial charge in [-0.2, -0.15) is 12.8 Å². The predicted molar refractivity (Wildman–Crippen MR) is 164 cm³/mol. The van der Waals surface area contributed by atoms with E-state index in [2.05, 4.69) is 71.8 Å². The fourth-order valence-corrected chi connectivity index (χ4v) is 12.9. The highest BCUT2D eigenvalue weighted by atomic mass is 32.2. The van der Waals surface area contributed by atoms with Crippen LogP contribution in [0.15, 0.2) is 45.4 Å². The summed E-state index contributed by atoms with van der Waals surface area (Å²) in [5.74, 6) is 4.13. The lowest BCUT2D eigenvalue weighted by molar-refractivity contribution is 0.302. The molecule has 1 aromatic rings.